The molecule has 0 aliphatic carbocycles. The molecule has 3 aromatic rings. The van der Waals surface area contributed by atoms with Gasteiger partial charge in [-0.25, -0.2) is 0 Å². The summed E-state index contributed by atoms with van der Waals surface area (Å²) >= 11 is 5.67. The van der Waals surface area contributed by atoms with Gasteiger partial charge in [0, 0.05) is 10.7 Å². The third-order valence-electron chi connectivity index (χ3n) is 6.02. The second-order valence-corrected chi connectivity index (χ2v) is 9.07. The van der Waals surface area contributed by atoms with Gasteiger partial charge in [0.15, 0.2) is 0 Å². The predicted molar refractivity (Wildman–Crippen MR) is 148 cm³/mol. The fraction of sp³-hybridized carbons (Fsp3) is 0.290. The summed E-state index contributed by atoms with van der Waals surface area (Å²) < 4.78 is 0. The summed E-state index contributed by atoms with van der Waals surface area (Å²) in [5.74, 6) is 0. The Bertz CT molecular complexity index is 1060. The van der Waals surface area contributed by atoms with Gasteiger partial charge in [0.1, 0.15) is 0 Å². The van der Waals surface area contributed by atoms with Gasteiger partial charge in [-0.1, -0.05) is 92.2 Å². The average Bonchev–Trinajstić information content (AvgIpc) is 2.83. The Kier molecular flexibility index (Phi) is 10.5. The first-order valence-electron chi connectivity index (χ1n) is 11.8. The Balaban J connectivity index is 0.000000357. The Morgan fingerprint density at radius 1 is 0.909 bits per heavy atom. The van der Waals surface area contributed by atoms with Crippen molar-refractivity contribution >= 4 is 22.9 Å². The maximum absolute atomic E-state index is 5.67. The molecule has 0 aliphatic heterocycles. The van der Waals surface area contributed by atoms with E-state index < -0.39 is 0 Å². The van der Waals surface area contributed by atoms with Crippen molar-refractivity contribution in [3.05, 3.63) is 118 Å². The first-order chi connectivity index (χ1) is 15.8. The van der Waals surface area contributed by atoms with Crippen LogP contribution in [0.15, 0.2) is 84.9 Å². The molecule has 33 heavy (non-hydrogen) atoms. The molecule has 0 spiro atoms. The number of allylic oxidation sites excluding steroid dienone is 2. The molecule has 1 atom stereocenters. The fourth-order valence-electron chi connectivity index (χ4n) is 3.60. The first-order valence-corrected chi connectivity index (χ1v) is 12.1. The Labute approximate surface area is 206 Å². The van der Waals surface area contributed by atoms with Crippen LogP contribution in [0.25, 0.3) is 11.3 Å². The van der Waals surface area contributed by atoms with Crippen LogP contribution in [-0.4, -0.2) is 0 Å². The number of hydrogen-bond donors (Lipinski definition) is 1. The standard InChI is InChI=1S/C23H29N.C8H9Cl/c1-7-23(20-11-9-8-10-12-20)24-19(6)21-14-13-17(4)22(15-21)18(5)16(2)3;1-2-7-3-5-8(9)6-4-7/h8-15,23-24H,6-7H2,1-5H3;3-6H,2H2,1H3. The van der Waals surface area contributed by atoms with Crippen LogP contribution in [0.3, 0.4) is 0 Å². The van der Waals surface area contributed by atoms with Gasteiger partial charge in [0.2, 0.25) is 0 Å². The molecule has 0 fully saturated rings. The highest BCUT2D eigenvalue weighted by molar-refractivity contribution is 6.30. The molecule has 0 amide bonds. The zero-order valence-corrected chi connectivity index (χ0v) is 21.8. The lowest BCUT2D eigenvalue weighted by Gasteiger charge is -2.21. The van der Waals surface area contributed by atoms with Gasteiger partial charge in [-0.2, -0.15) is 0 Å². The van der Waals surface area contributed by atoms with Crippen LogP contribution in [0, 0.1) is 6.92 Å². The molecule has 0 saturated heterocycles. The van der Waals surface area contributed by atoms with Crippen LogP contribution in [0.5, 0.6) is 0 Å². The van der Waals surface area contributed by atoms with E-state index in [0.29, 0.717) is 0 Å². The molecule has 3 aromatic carbocycles. The maximum Gasteiger partial charge on any atom is 0.0511 e. The summed E-state index contributed by atoms with van der Waals surface area (Å²) in [5.41, 5.74) is 10.1. The summed E-state index contributed by atoms with van der Waals surface area (Å²) in [6.45, 7) is 17.3. The quantitative estimate of drug-likeness (QED) is 0.371. The zero-order chi connectivity index (χ0) is 24.4. The van der Waals surface area contributed by atoms with Crippen molar-refractivity contribution in [2.75, 3.05) is 0 Å². The van der Waals surface area contributed by atoms with E-state index >= 15 is 0 Å². The summed E-state index contributed by atoms with van der Waals surface area (Å²) in [7, 11) is 0. The predicted octanol–water partition coefficient (Wildman–Crippen LogP) is 9.42. The number of halogens is 1. The highest BCUT2D eigenvalue weighted by Gasteiger charge is 2.11. The van der Waals surface area contributed by atoms with Crippen LogP contribution in [0.4, 0.5) is 0 Å². The van der Waals surface area contributed by atoms with Crippen molar-refractivity contribution in [3.63, 3.8) is 0 Å². The second-order valence-electron chi connectivity index (χ2n) is 8.63. The van der Waals surface area contributed by atoms with Crippen LogP contribution in [0.1, 0.15) is 74.9 Å². The summed E-state index contributed by atoms with van der Waals surface area (Å²) in [5, 5.41) is 4.42. The van der Waals surface area contributed by atoms with E-state index in [1.165, 1.54) is 33.4 Å². The molecule has 1 N–H and O–H groups in total. The first kappa shape index (κ1) is 26.5. The molecule has 0 aromatic heterocycles. The van der Waals surface area contributed by atoms with Crippen LogP contribution < -0.4 is 5.32 Å². The van der Waals surface area contributed by atoms with Crippen molar-refractivity contribution < 1.29 is 0 Å². The minimum absolute atomic E-state index is 0.285. The molecule has 1 nitrogen and oxygen atoms in total. The Morgan fingerprint density at radius 2 is 1.55 bits per heavy atom. The van der Waals surface area contributed by atoms with Crippen LogP contribution in [0.2, 0.25) is 5.02 Å². The lowest BCUT2D eigenvalue weighted by Crippen LogP contribution is -2.18. The van der Waals surface area contributed by atoms with E-state index in [-0.39, 0.29) is 6.04 Å². The minimum Gasteiger partial charge on any atom is -0.378 e. The normalized spacial score (nSPS) is 11.1. The maximum atomic E-state index is 5.67. The van der Waals surface area contributed by atoms with Crippen LogP contribution in [-0.2, 0) is 6.42 Å². The molecule has 2 heteroatoms. The Morgan fingerprint density at radius 3 is 2.09 bits per heavy atom. The molecule has 3 rings (SSSR count). The van der Waals surface area contributed by atoms with E-state index in [4.69, 9.17) is 11.6 Å². The molecule has 1 unspecified atom stereocenters. The summed E-state index contributed by atoms with van der Waals surface area (Å²) in [6.07, 6.45) is 2.10. The number of nitrogens with one attached hydrogen (secondary N) is 1. The lowest BCUT2D eigenvalue weighted by atomic mass is 9.95. The topological polar surface area (TPSA) is 12.0 Å². The average molecular weight is 460 g/mol. The van der Waals surface area contributed by atoms with Crippen LogP contribution >= 0.6 is 11.6 Å². The molecule has 0 saturated carbocycles. The molecule has 0 aliphatic rings. The largest absolute Gasteiger partial charge is 0.378 e. The molecule has 0 heterocycles. The van der Waals surface area contributed by atoms with E-state index in [1.807, 2.05) is 24.3 Å². The SMILES string of the molecule is C=C(NC(CC)c1ccccc1)c1ccc(C)c(C(C)=C(C)C)c1.CCc1ccc(Cl)cc1. The van der Waals surface area contributed by atoms with Gasteiger partial charge in [0.25, 0.3) is 0 Å². The minimum atomic E-state index is 0.285. The van der Waals surface area contributed by atoms with E-state index in [1.54, 1.807) is 0 Å². The van der Waals surface area contributed by atoms with Gasteiger partial charge in [-0.3, -0.25) is 0 Å². The van der Waals surface area contributed by atoms with Gasteiger partial charge >= 0.3 is 0 Å². The van der Waals surface area contributed by atoms with Crippen molar-refractivity contribution in [1.82, 2.24) is 5.32 Å². The van der Waals surface area contributed by atoms with Gasteiger partial charge in [-0.15, -0.1) is 0 Å². The highest BCUT2D eigenvalue weighted by atomic mass is 35.5. The number of aryl methyl sites for hydroxylation is 2. The number of rotatable bonds is 7. The number of benzene rings is 3. The van der Waals surface area contributed by atoms with Gasteiger partial charge < -0.3 is 5.32 Å². The van der Waals surface area contributed by atoms with E-state index in [2.05, 4.69) is 102 Å². The van der Waals surface area contributed by atoms with Crippen molar-refractivity contribution in [3.8, 4) is 0 Å². The van der Waals surface area contributed by atoms with Crippen molar-refractivity contribution in [2.45, 2.75) is 60.4 Å². The van der Waals surface area contributed by atoms with E-state index in [9.17, 15) is 0 Å². The smallest absolute Gasteiger partial charge is 0.0511 e. The summed E-state index contributed by atoms with van der Waals surface area (Å²) in [6, 6.07) is 25.4. The highest BCUT2D eigenvalue weighted by Crippen LogP contribution is 2.26. The van der Waals surface area contributed by atoms with E-state index in [0.717, 1.165) is 29.1 Å². The van der Waals surface area contributed by atoms with Gasteiger partial charge in [-0.05, 0) is 92.1 Å². The third kappa shape index (κ3) is 7.94. The molecular formula is C31H38ClN. The zero-order valence-electron chi connectivity index (χ0n) is 21.0. The summed E-state index contributed by atoms with van der Waals surface area (Å²) in [4.78, 5) is 0. The third-order valence-corrected chi connectivity index (χ3v) is 6.27. The molecular weight excluding hydrogens is 422 g/mol. The number of hydrogen-bond acceptors (Lipinski definition) is 1. The fourth-order valence-corrected chi connectivity index (χ4v) is 3.73. The van der Waals surface area contributed by atoms with Crippen molar-refractivity contribution in [2.24, 2.45) is 0 Å². The Hall–Kier alpha value is -2.77. The molecule has 174 valence electrons. The molecule has 0 bridgehead atoms. The lowest BCUT2D eigenvalue weighted by molar-refractivity contribution is 0.614. The second kappa shape index (κ2) is 13.1. The monoisotopic (exact) mass is 459 g/mol. The molecule has 0 radical (unpaired) electrons. The van der Waals surface area contributed by atoms with Crippen molar-refractivity contribution in [1.29, 1.82) is 0 Å². The van der Waals surface area contributed by atoms with Gasteiger partial charge in [0.05, 0.1) is 6.04 Å².